The number of carbonyl (C=O) groups is 1. The average Bonchev–Trinajstić information content (AvgIpc) is 2.99. The summed E-state index contributed by atoms with van der Waals surface area (Å²) >= 11 is 0. The number of aryl methyl sites for hydroxylation is 1. The number of likely N-dealkylation sites (tertiary alicyclic amines) is 1. The first-order chi connectivity index (χ1) is 10.2. The number of fused-ring (bicyclic) bond motifs is 1. The first-order valence-electron chi connectivity index (χ1n) is 7.31. The van der Waals surface area contributed by atoms with Gasteiger partial charge in [-0.15, -0.1) is 0 Å². The van der Waals surface area contributed by atoms with Crippen LogP contribution >= 0.6 is 0 Å². The topological polar surface area (TPSA) is 58.4 Å². The van der Waals surface area contributed by atoms with Gasteiger partial charge >= 0.3 is 6.18 Å². The molecule has 1 aliphatic carbocycles. The first kappa shape index (κ1) is 15.3. The number of aliphatic hydroxyl groups excluding tert-OH is 1. The van der Waals surface area contributed by atoms with Crippen LogP contribution in [-0.4, -0.2) is 51.1 Å². The molecular formula is C14H18F3N3O2. The number of aliphatic hydroxyl groups is 1. The molecule has 1 saturated heterocycles. The fourth-order valence-electron chi connectivity index (χ4n) is 3.60. The zero-order valence-electron chi connectivity index (χ0n) is 12.2. The van der Waals surface area contributed by atoms with Crippen LogP contribution in [0.3, 0.4) is 0 Å². The summed E-state index contributed by atoms with van der Waals surface area (Å²) in [5.74, 6) is 0.323. The van der Waals surface area contributed by atoms with Crippen molar-refractivity contribution in [3.05, 3.63) is 17.5 Å². The highest BCUT2D eigenvalue weighted by Crippen LogP contribution is 2.38. The fraction of sp³-hybridized carbons (Fsp3) is 0.714. The number of carbonyl (C=O) groups excluding carboxylic acids is 1. The zero-order chi connectivity index (χ0) is 16.1. The predicted molar refractivity (Wildman–Crippen MR) is 71.1 cm³/mol. The largest absolute Gasteiger partial charge is 0.408 e. The van der Waals surface area contributed by atoms with Crippen LogP contribution in [0.4, 0.5) is 13.2 Å². The van der Waals surface area contributed by atoms with E-state index in [1.165, 1.54) is 6.20 Å². The van der Waals surface area contributed by atoms with Gasteiger partial charge in [0, 0.05) is 19.3 Å². The van der Waals surface area contributed by atoms with Crippen LogP contribution in [0, 0.1) is 18.8 Å². The highest BCUT2D eigenvalue weighted by Gasteiger charge is 2.42. The summed E-state index contributed by atoms with van der Waals surface area (Å²) in [6.45, 7) is 1.47. The molecule has 5 nitrogen and oxygen atoms in total. The van der Waals surface area contributed by atoms with Crippen molar-refractivity contribution in [2.75, 3.05) is 13.1 Å². The van der Waals surface area contributed by atoms with Gasteiger partial charge < -0.3 is 10.0 Å². The number of rotatable bonds is 2. The van der Waals surface area contributed by atoms with E-state index in [4.69, 9.17) is 0 Å². The minimum absolute atomic E-state index is 0.227. The Kier molecular flexibility index (Phi) is 3.66. The van der Waals surface area contributed by atoms with Gasteiger partial charge in [-0.2, -0.15) is 18.3 Å². The monoisotopic (exact) mass is 317 g/mol. The lowest BCUT2D eigenvalue weighted by Crippen LogP contribution is -2.30. The third-order valence-corrected chi connectivity index (χ3v) is 4.53. The molecule has 3 atom stereocenters. The number of nitrogens with zero attached hydrogens (tertiary/aromatic N) is 3. The third-order valence-electron chi connectivity index (χ3n) is 4.53. The minimum atomic E-state index is -4.36. The molecule has 0 spiro atoms. The summed E-state index contributed by atoms with van der Waals surface area (Å²) < 4.78 is 38.0. The lowest BCUT2D eigenvalue weighted by Gasteiger charge is -2.17. The van der Waals surface area contributed by atoms with E-state index in [-0.39, 0.29) is 17.6 Å². The molecule has 1 saturated carbocycles. The van der Waals surface area contributed by atoms with Crippen molar-refractivity contribution in [2.24, 2.45) is 11.8 Å². The Morgan fingerprint density at radius 1 is 1.36 bits per heavy atom. The molecule has 2 aliphatic rings. The Labute approximate surface area is 125 Å². The van der Waals surface area contributed by atoms with Gasteiger partial charge in [-0.05, 0) is 31.6 Å². The van der Waals surface area contributed by atoms with Crippen LogP contribution in [0.1, 0.15) is 28.9 Å². The average molecular weight is 317 g/mol. The number of hydrogen-bond acceptors (Lipinski definition) is 3. The molecule has 8 heteroatoms. The fourth-order valence-corrected chi connectivity index (χ4v) is 3.60. The Bertz CT molecular complexity index is 570. The van der Waals surface area contributed by atoms with Gasteiger partial charge in [0.25, 0.3) is 5.91 Å². The van der Waals surface area contributed by atoms with Crippen molar-refractivity contribution in [1.29, 1.82) is 0 Å². The molecule has 22 heavy (non-hydrogen) atoms. The van der Waals surface area contributed by atoms with E-state index in [0.717, 1.165) is 4.68 Å². The minimum Gasteiger partial charge on any atom is -0.393 e. The van der Waals surface area contributed by atoms with Gasteiger partial charge in [0.2, 0.25) is 0 Å². The molecule has 1 aliphatic heterocycles. The normalized spacial score (nSPS) is 28.2. The molecule has 1 N–H and O–H groups in total. The highest BCUT2D eigenvalue weighted by atomic mass is 19.4. The van der Waals surface area contributed by atoms with Crippen molar-refractivity contribution >= 4 is 5.91 Å². The van der Waals surface area contributed by atoms with Crippen LogP contribution in [0.2, 0.25) is 0 Å². The SMILES string of the molecule is Cc1nn(CC(F)(F)F)cc1C(=O)N1C[C@H]2CC(O)C[C@H]2C1. The summed E-state index contributed by atoms with van der Waals surface area (Å²) in [6.07, 6.45) is -2.08. The molecule has 3 rings (SSSR count). The van der Waals surface area contributed by atoms with Crippen molar-refractivity contribution in [2.45, 2.75) is 38.6 Å². The van der Waals surface area contributed by atoms with Crippen molar-refractivity contribution < 1.29 is 23.1 Å². The van der Waals surface area contributed by atoms with Crippen molar-refractivity contribution in [3.63, 3.8) is 0 Å². The molecule has 1 aromatic heterocycles. The van der Waals surface area contributed by atoms with Gasteiger partial charge in [0.05, 0.1) is 17.4 Å². The number of alkyl halides is 3. The molecule has 0 radical (unpaired) electrons. The Hall–Kier alpha value is -1.57. The van der Waals surface area contributed by atoms with Crippen molar-refractivity contribution in [1.82, 2.24) is 14.7 Å². The van der Waals surface area contributed by atoms with Gasteiger partial charge in [-0.3, -0.25) is 9.48 Å². The van der Waals surface area contributed by atoms with E-state index < -0.39 is 12.7 Å². The lowest BCUT2D eigenvalue weighted by molar-refractivity contribution is -0.142. The van der Waals surface area contributed by atoms with Crippen LogP contribution in [0.25, 0.3) is 0 Å². The third kappa shape index (κ3) is 2.97. The van der Waals surface area contributed by atoms with Gasteiger partial charge in [-0.25, -0.2) is 0 Å². The van der Waals surface area contributed by atoms with E-state index in [0.29, 0.717) is 43.5 Å². The number of hydrogen-bond donors (Lipinski definition) is 1. The molecule has 122 valence electrons. The second kappa shape index (κ2) is 5.26. The zero-order valence-corrected chi connectivity index (χ0v) is 12.2. The summed E-state index contributed by atoms with van der Waals surface area (Å²) in [7, 11) is 0. The van der Waals surface area contributed by atoms with Crippen molar-refractivity contribution in [3.8, 4) is 0 Å². The highest BCUT2D eigenvalue weighted by molar-refractivity contribution is 5.95. The molecule has 0 aromatic carbocycles. The molecule has 2 heterocycles. The van der Waals surface area contributed by atoms with E-state index >= 15 is 0 Å². The van der Waals surface area contributed by atoms with Gasteiger partial charge in [-0.1, -0.05) is 0 Å². The molecular weight excluding hydrogens is 299 g/mol. The van der Waals surface area contributed by atoms with E-state index in [1.807, 2.05) is 0 Å². The maximum atomic E-state index is 12.5. The van der Waals surface area contributed by atoms with Crippen LogP contribution in [0.5, 0.6) is 0 Å². The Morgan fingerprint density at radius 2 is 1.95 bits per heavy atom. The van der Waals surface area contributed by atoms with Gasteiger partial charge in [0.15, 0.2) is 0 Å². The van der Waals surface area contributed by atoms with E-state index in [9.17, 15) is 23.1 Å². The maximum absolute atomic E-state index is 12.5. The first-order valence-corrected chi connectivity index (χ1v) is 7.31. The molecule has 1 amide bonds. The summed E-state index contributed by atoms with van der Waals surface area (Å²) in [5, 5.41) is 13.4. The Morgan fingerprint density at radius 3 is 2.50 bits per heavy atom. The smallest absolute Gasteiger partial charge is 0.393 e. The standard InChI is InChI=1S/C14H18F3N3O2/c1-8-12(6-20(18-8)7-14(15,16)17)13(22)19-4-9-2-11(21)3-10(9)5-19/h6,9-11,21H,2-5,7H2,1H3/t9-,10+,11?. The quantitative estimate of drug-likeness (QED) is 0.901. The Balaban J connectivity index is 1.71. The molecule has 0 bridgehead atoms. The number of halogens is 3. The predicted octanol–water partition coefficient (Wildman–Crippen LogP) is 1.60. The van der Waals surface area contributed by atoms with E-state index in [2.05, 4.69) is 5.10 Å². The molecule has 1 unspecified atom stereocenters. The second-order valence-corrected chi connectivity index (χ2v) is 6.30. The molecule has 1 aromatic rings. The van der Waals surface area contributed by atoms with Crippen LogP contribution in [-0.2, 0) is 6.54 Å². The molecule has 2 fully saturated rings. The maximum Gasteiger partial charge on any atom is 0.408 e. The van der Waals surface area contributed by atoms with Crippen LogP contribution in [0.15, 0.2) is 6.20 Å². The van der Waals surface area contributed by atoms with Gasteiger partial charge in [0.1, 0.15) is 6.54 Å². The summed E-state index contributed by atoms with van der Waals surface area (Å²) in [4.78, 5) is 14.2. The summed E-state index contributed by atoms with van der Waals surface area (Å²) in [5.41, 5.74) is 0.538. The second-order valence-electron chi connectivity index (χ2n) is 6.30. The number of amides is 1. The number of aromatic nitrogens is 2. The lowest BCUT2D eigenvalue weighted by atomic mass is 10.0. The van der Waals surface area contributed by atoms with E-state index in [1.54, 1.807) is 11.8 Å². The van der Waals surface area contributed by atoms with Crippen LogP contribution < -0.4 is 0 Å². The summed E-state index contributed by atoms with van der Waals surface area (Å²) in [6, 6.07) is 0.